The molecule has 8 heteroatoms. The molecule has 136 valence electrons. The number of nitrogens with one attached hydrogen (secondary N) is 3. The highest BCUT2D eigenvalue weighted by atomic mass is 35.5. The lowest BCUT2D eigenvalue weighted by molar-refractivity contribution is 0.0847. The molecule has 27 heavy (non-hydrogen) atoms. The van der Waals surface area contributed by atoms with Gasteiger partial charge in [0.1, 0.15) is 0 Å². The fourth-order valence-electron chi connectivity index (χ4n) is 2.20. The van der Waals surface area contributed by atoms with E-state index in [1.807, 2.05) is 0 Å². The van der Waals surface area contributed by atoms with Gasteiger partial charge in [0, 0.05) is 11.3 Å². The molecule has 0 unspecified atom stereocenters. The first-order valence-electron chi connectivity index (χ1n) is 7.85. The third-order valence-corrected chi connectivity index (χ3v) is 3.89. The normalized spacial score (nSPS) is 10.1. The molecule has 0 atom stereocenters. The third-order valence-electron chi connectivity index (χ3n) is 3.56. The van der Waals surface area contributed by atoms with Gasteiger partial charge in [-0.05, 0) is 48.5 Å². The number of carbonyl (C=O) groups excluding carboxylic acids is 3. The van der Waals surface area contributed by atoms with Crippen LogP contribution in [0.1, 0.15) is 31.3 Å². The van der Waals surface area contributed by atoms with Crippen LogP contribution in [0.15, 0.2) is 71.3 Å². The molecule has 0 radical (unpaired) electrons. The monoisotopic (exact) mass is 383 g/mol. The first-order chi connectivity index (χ1) is 13.0. The molecule has 0 spiro atoms. The van der Waals surface area contributed by atoms with E-state index in [0.29, 0.717) is 11.3 Å². The predicted octanol–water partition coefficient (Wildman–Crippen LogP) is 3.26. The van der Waals surface area contributed by atoms with Gasteiger partial charge in [-0.3, -0.25) is 25.2 Å². The number of hydrogen-bond donors (Lipinski definition) is 3. The maximum absolute atomic E-state index is 12.1. The molecule has 0 aliphatic carbocycles. The van der Waals surface area contributed by atoms with Gasteiger partial charge >= 0.3 is 0 Å². The van der Waals surface area contributed by atoms with Crippen molar-refractivity contribution in [1.82, 2.24) is 10.9 Å². The number of anilines is 1. The van der Waals surface area contributed by atoms with E-state index >= 15 is 0 Å². The minimum atomic E-state index is -0.531. The Morgan fingerprint density at radius 3 is 2.15 bits per heavy atom. The zero-order valence-corrected chi connectivity index (χ0v) is 14.6. The molecule has 3 amide bonds. The van der Waals surface area contributed by atoms with Crippen molar-refractivity contribution in [2.75, 3.05) is 5.32 Å². The van der Waals surface area contributed by atoms with E-state index < -0.39 is 17.7 Å². The van der Waals surface area contributed by atoms with Gasteiger partial charge < -0.3 is 9.73 Å². The van der Waals surface area contributed by atoms with E-state index in [2.05, 4.69) is 16.2 Å². The minimum Gasteiger partial charge on any atom is -0.459 e. The van der Waals surface area contributed by atoms with Crippen LogP contribution in [0.2, 0.25) is 5.02 Å². The van der Waals surface area contributed by atoms with Crippen molar-refractivity contribution in [2.24, 2.45) is 0 Å². The summed E-state index contributed by atoms with van der Waals surface area (Å²) in [4.78, 5) is 36.0. The number of amides is 3. The van der Waals surface area contributed by atoms with Crippen molar-refractivity contribution < 1.29 is 18.8 Å². The van der Waals surface area contributed by atoms with Crippen LogP contribution >= 0.6 is 11.6 Å². The van der Waals surface area contributed by atoms with Gasteiger partial charge in [-0.15, -0.1) is 0 Å². The van der Waals surface area contributed by atoms with Crippen molar-refractivity contribution in [3.05, 3.63) is 88.8 Å². The number of rotatable bonds is 4. The molecule has 1 heterocycles. The van der Waals surface area contributed by atoms with Gasteiger partial charge in [-0.25, -0.2) is 0 Å². The average molecular weight is 384 g/mol. The molecule has 0 bridgehead atoms. The fourth-order valence-corrected chi connectivity index (χ4v) is 2.43. The molecule has 1 aromatic heterocycles. The topological polar surface area (TPSA) is 100 Å². The van der Waals surface area contributed by atoms with E-state index in [1.54, 1.807) is 48.5 Å². The first-order valence-corrected chi connectivity index (χ1v) is 8.22. The highest BCUT2D eigenvalue weighted by Crippen LogP contribution is 2.14. The predicted molar refractivity (Wildman–Crippen MR) is 99.5 cm³/mol. The Balaban J connectivity index is 1.57. The van der Waals surface area contributed by atoms with Gasteiger partial charge in [0.2, 0.25) is 0 Å². The SMILES string of the molecule is O=C(NNC(=O)c1ccccc1Cl)c1ccc(NC(=O)c2ccco2)cc1. The number of halogens is 1. The molecular formula is C19H14ClN3O4. The molecule has 2 aromatic carbocycles. The largest absolute Gasteiger partial charge is 0.459 e. The average Bonchev–Trinajstić information content (AvgIpc) is 3.22. The summed E-state index contributed by atoms with van der Waals surface area (Å²) in [7, 11) is 0. The van der Waals surface area contributed by atoms with Crippen molar-refractivity contribution >= 4 is 35.0 Å². The number of carbonyl (C=O) groups is 3. The summed E-state index contributed by atoms with van der Waals surface area (Å²) in [6.07, 6.45) is 1.40. The van der Waals surface area contributed by atoms with Crippen LogP contribution in [-0.2, 0) is 0 Å². The minimum absolute atomic E-state index is 0.180. The molecule has 0 saturated carbocycles. The number of benzene rings is 2. The summed E-state index contributed by atoms with van der Waals surface area (Å²) in [5, 5.41) is 2.92. The van der Waals surface area contributed by atoms with Crippen LogP contribution in [-0.4, -0.2) is 17.7 Å². The second-order valence-corrected chi connectivity index (χ2v) is 5.80. The van der Waals surface area contributed by atoms with Crippen LogP contribution in [0.5, 0.6) is 0 Å². The molecule has 3 rings (SSSR count). The third kappa shape index (κ3) is 4.53. The van der Waals surface area contributed by atoms with Crippen molar-refractivity contribution in [3.63, 3.8) is 0 Å². The highest BCUT2D eigenvalue weighted by molar-refractivity contribution is 6.33. The highest BCUT2D eigenvalue weighted by Gasteiger charge is 2.12. The molecule has 3 aromatic rings. The second kappa shape index (κ2) is 8.20. The zero-order chi connectivity index (χ0) is 19.2. The Morgan fingerprint density at radius 1 is 0.778 bits per heavy atom. The summed E-state index contributed by atoms with van der Waals surface area (Å²) in [5.74, 6) is -1.26. The van der Waals surface area contributed by atoms with Gasteiger partial charge in [0.15, 0.2) is 5.76 Å². The lowest BCUT2D eigenvalue weighted by Gasteiger charge is -2.09. The van der Waals surface area contributed by atoms with Crippen LogP contribution in [0.25, 0.3) is 0 Å². The van der Waals surface area contributed by atoms with E-state index in [4.69, 9.17) is 16.0 Å². The standard InChI is InChI=1S/C19H14ClN3O4/c20-15-5-2-1-4-14(15)18(25)23-22-17(24)12-7-9-13(10-8-12)21-19(26)16-6-3-11-27-16/h1-11H,(H,21,26)(H,22,24)(H,23,25). The molecule has 0 saturated heterocycles. The maximum Gasteiger partial charge on any atom is 0.291 e. The van der Waals surface area contributed by atoms with Gasteiger partial charge in [0.25, 0.3) is 17.7 Å². The summed E-state index contributed by atoms with van der Waals surface area (Å²) in [6.45, 7) is 0. The number of furan rings is 1. The summed E-state index contributed by atoms with van der Waals surface area (Å²) >= 11 is 5.93. The van der Waals surface area contributed by atoms with Crippen LogP contribution in [0, 0.1) is 0 Å². The van der Waals surface area contributed by atoms with Crippen molar-refractivity contribution in [3.8, 4) is 0 Å². The maximum atomic E-state index is 12.1. The van der Waals surface area contributed by atoms with E-state index in [1.165, 1.54) is 18.4 Å². The fraction of sp³-hybridized carbons (Fsp3) is 0. The summed E-state index contributed by atoms with van der Waals surface area (Å²) in [5.41, 5.74) is 5.64. The number of hydrogen-bond acceptors (Lipinski definition) is 4. The van der Waals surface area contributed by atoms with Gasteiger partial charge in [0.05, 0.1) is 16.8 Å². The summed E-state index contributed by atoms with van der Waals surface area (Å²) in [6, 6.07) is 15.8. The lowest BCUT2D eigenvalue weighted by atomic mass is 10.2. The zero-order valence-electron chi connectivity index (χ0n) is 13.9. The van der Waals surface area contributed by atoms with Crippen molar-refractivity contribution in [2.45, 2.75) is 0 Å². The van der Waals surface area contributed by atoms with Crippen LogP contribution in [0.3, 0.4) is 0 Å². The quantitative estimate of drug-likeness (QED) is 0.602. The van der Waals surface area contributed by atoms with Crippen LogP contribution < -0.4 is 16.2 Å². The molecular weight excluding hydrogens is 370 g/mol. The van der Waals surface area contributed by atoms with Gasteiger partial charge in [-0.2, -0.15) is 0 Å². The Morgan fingerprint density at radius 2 is 1.48 bits per heavy atom. The first kappa shape index (κ1) is 18.2. The van der Waals surface area contributed by atoms with E-state index in [9.17, 15) is 14.4 Å². The van der Waals surface area contributed by atoms with Crippen LogP contribution in [0.4, 0.5) is 5.69 Å². The second-order valence-electron chi connectivity index (χ2n) is 5.40. The Kier molecular flexibility index (Phi) is 5.53. The molecule has 0 fully saturated rings. The molecule has 0 aliphatic rings. The lowest BCUT2D eigenvalue weighted by Crippen LogP contribution is -2.41. The Bertz CT molecular complexity index is 969. The number of hydrazine groups is 1. The molecule has 3 N–H and O–H groups in total. The molecule has 7 nitrogen and oxygen atoms in total. The molecule has 0 aliphatic heterocycles. The van der Waals surface area contributed by atoms with Gasteiger partial charge in [-0.1, -0.05) is 23.7 Å². The van der Waals surface area contributed by atoms with E-state index in [-0.39, 0.29) is 16.3 Å². The summed E-state index contributed by atoms with van der Waals surface area (Å²) < 4.78 is 5.00. The smallest absolute Gasteiger partial charge is 0.291 e. The van der Waals surface area contributed by atoms with Crippen molar-refractivity contribution in [1.29, 1.82) is 0 Å². The van der Waals surface area contributed by atoms with E-state index in [0.717, 1.165) is 0 Å². The Hall–Kier alpha value is -3.58. The Labute approximate surface area is 159 Å².